The van der Waals surface area contributed by atoms with Crippen LogP contribution in [0.1, 0.15) is 75.9 Å². The van der Waals surface area contributed by atoms with Gasteiger partial charge in [-0.1, -0.05) is 44.2 Å². The minimum atomic E-state index is -0.613. The second-order valence-electron chi connectivity index (χ2n) is 9.92. The molecule has 172 valence electrons. The largest absolute Gasteiger partial charge is 0.385 e. The number of rotatable bonds is 5. The van der Waals surface area contributed by atoms with Crippen LogP contribution in [-0.4, -0.2) is 24.6 Å². The van der Waals surface area contributed by atoms with Crippen molar-refractivity contribution in [3.63, 3.8) is 0 Å². The summed E-state index contributed by atoms with van der Waals surface area (Å²) in [6.07, 6.45) is 11.9. The highest BCUT2D eigenvalue weighted by atomic mass is 35.5. The van der Waals surface area contributed by atoms with E-state index in [0.717, 1.165) is 49.2 Å². The number of imidazole rings is 1. The molecule has 0 amide bonds. The van der Waals surface area contributed by atoms with Gasteiger partial charge < -0.3 is 9.67 Å². The zero-order chi connectivity index (χ0) is 22.9. The summed E-state index contributed by atoms with van der Waals surface area (Å²) in [5.41, 5.74) is 3.28. The lowest BCUT2D eigenvalue weighted by Crippen LogP contribution is -2.22. The van der Waals surface area contributed by atoms with Crippen LogP contribution in [0.3, 0.4) is 0 Å². The third-order valence-corrected chi connectivity index (χ3v) is 7.74. The van der Waals surface area contributed by atoms with E-state index in [4.69, 9.17) is 16.6 Å². The van der Waals surface area contributed by atoms with E-state index in [9.17, 15) is 10.4 Å². The van der Waals surface area contributed by atoms with Gasteiger partial charge in [0.15, 0.2) is 0 Å². The molecule has 3 heterocycles. The van der Waals surface area contributed by atoms with Gasteiger partial charge in [0.05, 0.1) is 21.7 Å². The molecule has 2 aliphatic carbocycles. The predicted molar refractivity (Wildman–Crippen MR) is 129 cm³/mol. The van der Waals surface area contributed by atoms with E-state index in [1.54, 1.807) is 18.5 Å². The molecule has 0 bridgehead atoms. The number of hydrogen-bond donors (Lipinski definition) is 1. The van der Waals surface area contributed by atoms with Gasteiger partial charge in [0.2, 0.25) is 0 Å². The van der Waals surface area contributed by atoms with Crippen LogP contribution in [0.4, 0.5) is 0 Å². The third-order valence-electron chi connectivity index (χ3n) is 7.53. The molecule has 7 heteroatoms. The normalized spacial score (nSPS) is 22.5. The fourth-order valence-electron chi connectivity index (χ4n) is 5.64. The first-order valence-electron chi connectivity index (χ1n) is 12.1. The molecule has 33 heavy (non-hydrogen) atoms. The van der Waals surface area contributed by atoms with Gasteiger partial charge >= 0.3 is 0 Å². The van der Waals surface area contributed by atoms with Crippen LogP contribution < -0.4 is 0 Å². The maximum atomic E-state index is 11.4. The smallest absolute Gasteiger partial charge is 0.143 e. The molecule has 2 aliphatic rings. The predicted octanol–water partition coefficient (Wildman–Crippen LogP) is 6.07. The molecular formula is C26H30ClN5O. The first-order chi connectivity index (χ1) is 16.0. The topological polar surface area (TPSA) is 87.6 Å². The lowest BCUT2D eigenvalue weighted by atomic mass is 9.83. The fraction of sp³-hybridized carbons (Fsp3) is 0.538. The van der Waals surface area contributed by atoms with Crippen molar-refractivity contribution in [1.29, 1.82) is 5.26 Å². The molecule has 1 unspecified atom stereocenters. The summed E-state index contributed by atoms with van der Waals surface area (Å²) in [6.45, 7) is 3.13. The van der Waals surface area contributed by atoms with Gasteiger partial charge in [-0.15, -0.1) is 0 Å². The highest BCUT2D eigenvalue weighted by Gasteiger charge is 2.31. The van der Waals surface area contributed by atoms with Crippen LogP contribution >= 0.6 is 11.6 Å². The Balaban J connectivity index is 1.68. The summed E-state index contributed by atoms with van der Waals surface area (Å²) >= 11 is 6.25. The molecule has 0 saturated heterocycles. The molecule has 2 saturated carbocycles. The molecular weight excluding hydrogens is 434 g/mol. The van der Waals surface area contributed by atoms with Gasteiger partial charge in [0, 0.05) is 30.6 Å². The van der Waals surface area contributed by atoms with Gasteiger partial charge in [-0.2, -0.15) is 5.26 Å². The number of halogens is 1. The number of aromatic nitrogens is 4. The van der Waals surface area contributed by atoms with Crippen LogP contribution in [-0.2, 0) is 6.54 Å². The molecule has 0 radical (unpaired) electrons. The molecule has 0 aromatic carbocycles. The maximum absolute atomic E-state index is 11.4. The summed E-state index contributed by atoms with van der Waals surface area (Å²) in [7, 11) is 0. The van der Waals surface area contributed by atoms with Crippen LogP contribution in [0.5, 0.6) is 0 Å². The molecule has 2 fully saturated rings. The summed E-state index contributed by atoms with van der Waals surface area (Å²) < 4.78 is 2.20. The van der Waals surface area contributed by atoms with Crippen molar-refractivity contribution in [3.8, 4) is 17.3 Å². The van der Waals surface area contributed by atoms with Crippen molar-refractivity contribution in [2.24, 2.45) is 17.8 Å². The van der Waals surface area contributed by atoms with Crippen molar-refractivity contribution >= 4 is 22.6 Å². The number of pyridine rings is 2. The quantitative estimate of drug-likeness (QED) is 0.496. The van der Waals surface area contributed by atoms with Crippen LogP contribution in [0.15, 0.2) is 24.5 Å². The molecule has 3 aromatic heterocycles. The van der Waals surface area contributed by atoms with E-state index in [1.807, 2.05) is 6.07 Å². The van der Waals surface area contributed by atoms with Gasteiger partial charge in [-0.25, -0.2) is 9.97 Å². The highest BCUT2D eigenvalue weighted by Crippen LogP contribution is 2.39. The molecule has 3 aromatic rings. The van der Waals surface area contributed by atoms with Crippen molar-refractivity contribution in [2.75, 3.05) is 0 Å². The SMILES string of the molecule is CC1CCC(Cn2c(C(O)C3CCCC3)nc3cc(C#N)nc(-c4cncc(Cl)c4)c32)CC1. The number of aliphatic hydroxyl groups is 1. The Morgan fingerprint density at radius 1 is 1.12 bits per heavy atom. The summed E-state index contributed by atoms with van der Waals surface area (Å²) in [5, 5.41) is 21.5. The lowest BCUT2D eigenvalue weighted by molar-refractivity contribution is 0.0975. The van der Waals surface area contributed by atoms with E-state index >= 15 is 0 Å². The maximum Gasteiger partial charge on any atom is 0.143 e. The molecule has 6 nitrogen and oxygen atoms in total. The Hall–Kier alpha value is -2.49. The standard InChI is InChI=1S/C26H30ClN5O/c1-16-6-8-17(9-7-16)15-32-24-22(31-26(32)25(33)18-4-2-3-5-18)11-21(12-28)30-23(24)19-10-20(27)14-29-13-19/h10-11,13-14,16-18,25,33H,2-9,15H2,1H3. The van der Waals surface area contributed by atoms with Crippen molar-refractivity contribution in [3.05, 3.63) is 41.1 Å². The minimum Gasteiger partial charge on any atom is -0.385 e. The summed E-state index contributed by atoms with van der Waals surface area (Å²) in [4.78, 5) is 13.8. The van der Waals surface area contributed by atoms with E-state index in [2.05, 4.69) is 27.5 Å². The molecule has 0 aliphatic heterocycles. The van der Waals surface area contributed by atoms with Crippen molar-refractivity contribution in [1.82, 2.24) is 19.5 Å². The number of nitriles is 1. The monoisotopic (exact) mass is 463 g/mol. The van der Waals surface area contributed by atoms with Gasteiger partial charge in [-0.05, 0) is 49.5 Å². The van der Waals surface area contributed by atoms with E-state index < -0.39 is 6.10 Å². The second-order valence-corrected chi connectivity index (χ2v) is 10.4. The van der Waals surface area contributed by atoms with Crippen LogP contribution in [0, 0.1) is 29.1 Å². The molecule has 5 rings (SSSR count). The Kier molecular flexibility index (Phi) is 6.36. The zero-order valence-corrected chi connectivity index (χ0v) is 19.8. The van der Waals surface area contributed by atoms with Crippen molar-refractivity contribution in [2.45, 2.75) is 70.9 Å². The molecule has 0 spiro atoms. The molecule has 1 atom stereocenters. The summed E-state index contributed by atoms with van der Waals surface area (Å²) in [6, 6.07) is 5.73. The number of nitrogens with zero attached hydrogens (tertiary/aromatic N) is 5. The highest BCUT2D eigenvalue weighted by molar-refractivity contribution is 6.30. The zero-order valence-electron chi connectivity index (χ0n) is 19.0. The average Bonchev–Trinajstić information content (AvgIpc) is 3.48. The Bertz CT molecular complexity index is 1190. The van der Waals surface area contributed by atoms with Crippen LogP contribution in [0.25, 0.3) is 22.3 Å². The number of hydrogen-bond acceptors (Lipinski definition) is 5. The van der Waals surface area contributed by atoms with Gasteiger partial charge in [0.25, 0.3) is 0 Å². The molecule has 1 N–H and O–H groups in total. The lowest BCUT2D eigenvalue weighted by Gasteiger charge is -2.28. The van der Waals surface area contributed by atoms with E-state index in [1.165, 1.54) is 25.7 Å². The number of aliphatic hydroxyl groups excluding tert-OH is 1. The number of fused-ring (bicyclic) bond motifs is 1. The summed E-state index contributed by atoms with van der Waals surface area (Å²) in [5.74, 6) is 2.25. The minimum absolute atomic E-state index is 0.228. The van der Waals surface area contributed by atoms with E-state index in [-0.39, 0.29) is 5.92 Å². The third kappa shape index (κ3) is 4.49. The van der Waals surface area contributed by atoms with Gasteiger partial charge in [0.1, 0.15) is 23.7 Å². The first-order valence-corrected chi connectivity index (χ1v) is 12.5. The van der Waals surface area contributed by atoms with Crippen LogP contribution in [0.2, 0.25) is 5.02 Å². The Labute approximate surface area is 199 Å². The van der Waals surface area contributed by atoms with E-state index in [0.29, 0.717) is 33.7 Å². The first kappa shape index (κ1) is 22.3. The second kappa shape index (κ2) is 9.40. The van der Waals surface area contributed by atoms with Crippen molar-refractivity contribution < 1.29 is 5.11 Å². The fourth-order valence-corrected chi connectivity index (χ4v) is 5.81. The Morgan fingerprint density at radius 2 is 1.88 bits per heavy atom. The van der Waals surface area contributed by atoms with Gasteiger partial charge in [-0.3, -0.25) is 4.98 Å². The average molecular weight is 464 g/mol. The Morgan fingerprint density at radius 3 is 2.58 bits per heavy atom.